The Bertz CT molecular complexity index is 1140. The first kappa shape index (κ1) is 20.6. The van der Waals surface area contributed by atoms with E-state index in [1.165, 1.54) is 0 Å². The average molecular weight is 433 g/mol. The van der Waals surface area contributed by atoms with Gasteiger partial charge >= 0.3 is 6.03 Å². The van der Waals surface area contributed by atoms with Gasteiger partial charge in [0.1, 0.15) is 5.54 Å². The zero-order valence-electron chi connectivity index (χ0n) is 16.7. The largest absolute Gasteiger partial charge is 0.322 e. The molecule has 2 heterocycles. The van der Waals surface area contributed by atoms with Crippen molar-refractivity contribution in [3.63, 3.8) is 0 Å². The standard InChI is InChI=1S/C23H20N4O3S/c1-23(21(29)26-22(30)27-23)17-5-2-6-18(12-17)25-20(28)16-7-9-19(10-8-16)31-14-15-4-3-11-24-13-15/h2-13H,14H2,1H3,(H,25,28)(H2,26,27,29,30). The van der Waals surface area contributed by atoms with Crippen LogP contribution in [0, 0.1) is 0 Å². The molecule has 0 aliphatic carbocycles. The van der Waals surface area contributed by atoms with Gasteiger partial charge in [0, 0.05) is 34.3 Å². The summed E-state index contributed by atoms with van der Waals surface area (Å²) < 4.78 is 0. The number of pyridine rings is 1. The fraction of sp³-hybridized carbons (Fsp3) is 0.130. The van der Waals surface area contributed by atoms with E-state index in [1.807, 2.05) is 30.5 Å². The molecule has 7 nitrogen and oxygen atoms in total. The smallest absolute Gasteiger partial charge is 0.322 e. The summed E-state index contributed by atoms with van der Waals surface area (Å²) in [5.74, 6) is 0.112. The molecular weight excluding hydrogens is 412 g/mol. The number of nitrogens with one attached hydrogen (secondary N) is 3. The lowest BCUT2D eigenvalue weighted by molar-refractivity contribution is -0.123. The molecule has 1 aromatic heterocycles. The monoisotopic (exact) mass is 432 g/mol. The molecule has 0 spiro atoms. The Morgan fingerprint density at radius 1 is 1.10 bits per heavy atom. The number of rotatable bonds is 6. The summed E-state index contributed by atoms with van der Waals surface area (Å²) in [6.45, 7) is 1.62. The van der Waals surface area contributed by atoms with Crippen LogP contribution in [-0.4, -0.2) is 22.8 Å². The van der Waals surface area contributed by atoms with Crippen molar-refractivity contribution < 1.29 is 14.4 Å². The molecular formula is C23H20N4O3S. The third-order valence-corrected chi connectivity index (χ3v) is 6.07. The number of carbonyl (C=O) groups excluding carboxylic acids is 3. The number of hydrogen-bond donors (Lipinski definition) is 3. The summed E-state index contributed by atoms with van der Waals surface area (Å²) in [7, 11) is 0. The van der Waals surface area contributed by atoms with Crippen molar-refractivity contribution >= 4 is 35.3 Å². The van der Waals surface area contributed by atoms with E-state index in [4.69, 9.17) is 0 Å². The van der Waals surface area contributed by atoms with Gasteiger partial charge in [0.15, 0.2) is 0 Å². The van der Waals surface area contributed by atoms with E-state index < -0.39 is 17.5 Å². The number of nitrogens with zero attached hydrogens (tertiary/aromatic N) is 1. The number of thioether (sulfide) groups is 1. The number of aromatic nitrogens is 1. The van der Waals surface area contributed by atoms with Crippen LogP contribution in [0.2, 0.25) is 0 Å². The van der Waals surface area contributed by atoms with E-state index in [0.29, 0.717) is 16.8 Å². The average Bonchev–Trinajstić information content (AvgIpc) is 3.05. The van der Waals surface area contributed by atoms with Crippen LogP contribution >= 0.6 is 11.8 Å². The quantitative estimate of drug-likeness (QED) is 0.408. The van der Waals surface area contributed by atoms with E-state index in [-0.39, 0.29) is 5.91 Å². The third kappa shape index (κ3) is 4.59. The second kappa shape index (κ2) is 8.61. The molecule has 4 amide bonds. The van der Waals surface area contributed by atoms with E-state index in [9.17, 15) is 14.4 Å². The van der Waals surface area contributed by atoms with Crippen LogP contribution in [0.1, 0.15) is 28.4 Å². The van der Waals surface area contributed by atoms with Crippen molar-refractivity contribution in [1.29, 1.82) is 0 Å². The molecule has 0 saturated carbocycles. The molecule has 2 aromatic carbocycles. The number of hydrogen-bond acceptors (Lipinski definition) is 5. The van der Waals surface area contributed by atoms with Crippen LogP contribution in [0.5, 0.6) is 0 Å². The molecule has 0 radical (unpaired) electrons. The number of carbonyl (C=O) groups is 3. The Hall–Kier alpha value is -3.65. The van der Waals surface area contributed by atoms with E-state index in [1.54, 1.807) is 61.3 Å². The Balaban J connectivity index is 1.41. The van der Waals surface area contributed by atoms with Crippen molar-refractivity contribution in [3.8, 4) is 0 Å². The van der Waals surface area contributed by atoms with E-state index in [2.05, 4.69) is 20.9 Å². The molecule has 1 unspecified atom stereocenters. The van der Waals surface area contributed by atoms with Gasteiger partial charge in [-0.1, -0.05) is 18.2 Å². The number of urea groups is 1. The first-order chi connectivity index (χ1) is 14.9. The zero-order chi connectivity index (χ0) is 21.8. The van der Waals surface area contributed by atoms with Gasteiger partial charge in [-0.05, 0) is 60.5 Å². The molecule has 1 saturated heterocycles. The maximum absolute atomic E-state index is 12.7. The molecule has 1 aliphatic rings. The fourth-order valence-electron chi connectivity index (χ4n) is 3.21. The highest BCUT2D eigenvalue weighted by Crippen LogP contribution is 2.27. The number of benzene rings is 2. The van der Waals surface area contributed by atoms with Gasteiger partial charge in [-0.25, -0.2) is 4.79 Å². The fourth-order valence-corrected chi connectivity index (χ4v) is 4.04. The normalized spacial score (nSPS) is 17.7. The van der Waals surface area contributed by atoms with Gasteiger partial charge < -0.3 is 10.6 Å². The minimum absolute atomic E-state index is 0.258. The Labute approximate surface area is 183 Å². The molecule has 0 bridgehead atoms. The Morgan fingerprint density at radius 2 is 1.90 bits per heavy atom. The summed E-state index contributed by atoms with van der Waals surface area (Å²) in [4.78, 5) is 41.5. The Morgan fingerprint density at radius 3 is 2.58 bits per heavy atom. The summed E-state index contributed by atoms with van der Waals surface area (Å²) in [6, 6.07) is 17.6. The van der Waals surface area contributed by atoms with Gasteiger partial charge in [0.2, 0.25) is 0 Å². The van der Waals surface area contributed by atoms with Crippen LogP contribution < -0.4 is 16.0 Å². The predicted molar refractivity (Wildman–Crippen MR) is 119 cm³/mol. The van der Waals surface area contributed by atoms with E-state index >= 15 is 0 Å². The van der Waals surface area contributed by atoms with Crippen LogP contribution in [0.3, 0.4) is 0 Å². The second-order valence-electron chi connectivity index (χ2n) is 7.24. The van der Waals surface area contributed by atoms with Crippen LogP contribution in [-0.2, 0) is 16.1 Å². The maximum Gasteiger partial charge on any atom is 0.322 e. The van der Waals surface area contributed by atoms with Crippen molar-refractivity contribution in [3.05, 3.63) is 89.7 Å². The highest BCUT2D eigenvalue weighted by molar-refractivity contribution is 7.98. The molecule has 1 fully saturated rings. The summed E-state index contributed by atoms with van der Waals surface area (Å²) >= 11 is 1.67. The first-order valence-electron chi connectivity index (χ1n) is 9.61. The predicted octanol–water partition coefficient (Wildman–Crippen LogP) is 3.68. The van der Waals surface area contributed by atoms with Crippen LogP contribution in [0.15, 0.2) is 78.0 Å². The minimum Gasteiger partial charge on any atom is -0.322 e. The van der Waals surface area contributed by atoms with Crippen LogP contribution in [0.25, 0.3) is 0 Å². The highest BCUT2D eigenvalue weighted by Gasteiger charge is 2.43. The maximum atomic E-state index is 12.7. The molecule has 156 valence electrons. The SMILES string of the molecule is CC1(c2cccc(NC(=O)c3ccc(SCc4cccnc4)cc3)c2)NC(=O)NC1=O. The highest BCUT2D eigenvalue weighted by atomic mass is 32.2. The van der Waals surface area contributed by atoms with Gasteiger partial charge in [-0.2, -0.15) is 0 Å². The van der Waals surface area contributed by atoms with E-state index in [0.717, 1.165) is 16.2 Å². The molecule has 1 aliphatic heterocycles. The number of amides is 4. The Kier molecular flexibility index (Phi) is 5.73. The lowest BCUT2D eigenvalue weighted by Crippen LogP contribution is -2.40. The topological polar surface area (TPSA) is 100 Å². The molecule has 4 rings (SSSR count). The van der Waals surface area contributed by atoms with Gasteiger partial charge in [-0.15, -0.1) is 11.8 Å². The second-order valence-corrected chi connectivity index (χ2v) is 8.29. The molecule has 8 heteroatoms. The lowest BCUT2D eigenvalue weighted by Gasteiger charge is -2.21. The molecule has 3 aromatic rings. The summed E-state index contributed by atoms with van der Waals surface area (Å²) in [5.41, 5.74) is 1.60. The summed E-state index contributed by atoms with van der Waals surface area (Å²) in [5, 5.41) is 7.70. The zero-order valence-corrected chi connectivity index (χ0v) is 17.5. The molecule has 1 atom stereocenters. The van der Waals surface area contributed by atoms with Crippen LogP contribution in [0.4, 0.5) is 10.5 Å². The minimum atomic E-state index is -1.18. The number of anilines is 1. The summed E-state index contributed by atoms with van der Waals surface area (Å²) in [6.07, 6.45) is 3.58. The number of imide groups is 1. The van der Waals surface area contributed by atoms with Crippen molar-refractivity contribution in [2.75, 3.05) is 5.32 Å². The lowest BCUT2D eigenvalue weighted by atomic mass is 9.92. The van der Waals surface area contributed by atoms with Gasteiger partial charge in [-0.3, -0.25) is 19.9 Å². The molecule has 31 heavy (non-hydrogen) atoms. The van der Waals surface area contributed by atoms with Crippen molar-refractivity contribution in [2.24, 2.45) is 0 Å². The first-order valence-corrected chi connectivity index (χ1v) is 10.6. The third-order valence-electron chi connectivity index (χ3n) is 4.99. The molecule has 3 N–H and O–H groups in total. The van der Waals surface area contributed by atoms with Crippen molar-refractivity contribution in [1.82, 2.24) is 15.6 Å². The van der Waals surface area contributed by atoms with Gasteiger partial charge in [0.25, 0.3) is 11.8 Å². The van der Waals surface area contributed by atoms with Gasteiger partial charge in [0.05, 0.1) is 0 Å². The van der Waals surface area contributed by atoms with Crippen molar-refractivity contribution in [2.45, 2.75) is 23.1 Å².